The fourth-order valence-electron chi connectivity index (χ4n) is 3.07. The van der Waals surface area contributed by atoms with Crippen LogP contribution in [0.15, 0.2) is 60.2 Å². The van der Waals surface area contributed by atoms with Gasteiger partial charge in [0.15, 0.2) is 0 Å². The van der Waals surface area contributed by atoms with E-state index in [1.807, 2.05) is 0 Å². The number of carbonyl (C=O) groups is 3. The Balaban J connectivity index is 2.14. The number of halogens is 1. The zero-order valence-electron chi connectivity index (χ0n) is 14.1. The number of hydrogen-bond acceptors (Lipinski definition) is 4. The highest BCUT2D eigenvalue weighted by Crippen LogP contribution is 2.39. The van der Waals surface area contributed by atoms with Gasteiger partial charge in [0, 0.05) is 17.1 Å². The number of rotatable bonds is 5. The van der Waals surface area contributed by atoms with Gasteiger partial charge in [-0.1, -0.05) is 54.1 Å². The molecular weight excluding hydrogens is 370 g/mol. The van der Waals surface area contributed by atoms with Gasteiger partial charge in [-0.05, 0) is 17.7 Å². The molecule has 2 aromatic rings. The van der Waals surface area contributed by atoms with Gasteiger partial charge in [0.25, 0.3) is 11.7 Å². The number of nitrogens with zero attached hydrogens (tertiary/aromatic N) is 1. The summed E-state index contributed by atoms with van der Waals surface area (Å²) in [5.74, 6) is -3.07. The van der Waals surface area contributed by atoms with E-state index < -0.39 is 23.7 Å². The van der Waals surface area contributed by atoms with Crippen molar-refractivity contribution in [3.8, 4) is 0 Å². The Hall–Kier alpha value is -3.12. The first-order valence-corrected chi connectivity index (χ1v) is 8.59. The van der Waals surface area contributed by atoms with Crippen molar-refractivity contribution in [2.75, 3.05) is 6.54 Å². The molecule has 2 aromatic carbocycles. The molecule has 1 atom stereocenters. The van der Waals surface area contributed by atoms with Crippen LogP contribution in [0, 0.1) is 0 Å². The lowest BCUT2D eigenvalue weighted by Gasteiger charge is -2.24. The van der Waals surface area contributed by atoms with Crippen molar-refractivity contribution >= 4 is 35.0 Å². The monoisotopic (exact) mass is 385 g/mol. The summed E-state index contributed by atoms with van der Waals surface area (Å²) in [5, 5.41) is 20.2. The fourth-order valence-corrected chi connectivity index (χ4v) is 3.20. The summed E-state index contributed by atoms with van der Waals surface area (Å²) in [4.78, 5) is 37.3. The minimum atomic E-state index is -1.09. The summed E-state index contributed by atoms with van der Waals surface area (Å²) in [5.41, 5.74) is 0.882. The summed E-state index contributed by atoms with van der Waals surface area (Å²) < 4.78 is 0. The maximum absolute atomic E-state index is 12.6. The van der Waals surface area contributed by atoms with Gasteiger partial charge >= 0.3 is 5.97 Å². The molecule has 6 nitrogen and oxygen atoms in total. The van der Waals surface area contributed by atoms with Crippen molar-refractivity contribution in [1.29, 1.82) is 0 Å². The minimum Gasteiger partial charge on any atom is -0.507 e. The molecule has 3 rings (SSSR count). The Kier molecular flexibility index (Phi) is 5.28. The second-order valence-corrected chi connectivity index (χ2v) is 6.49. The van der Waals surface area contributed by atoms with Crippen molar-refractivity contribution in [3.63, 3.8) is 0 Å². The van der Waals surface area contributed by atoms with Crippen molar-refractivity contribution < 1.29 is 24.6 Å². The second kappa shape index (κ2) is 7.63. The van der Waals surface area contributed by atoms with Crippen LogP contribution >= 0.6 is 11.6 Å². The average molecular weight is 386 g/mol. The van der Waals surface area contributed by atoms with Crippen molar-refractivity contribution in [1.82, 2.24) is 4.90 Å². The lowest BCUT2D eigenvalue weighted by molar-refractivity contribution is -0.142. The molecular formula is C20H16ClNO5. The van der Waals surface area contributed by atoms with Gasteiger partial charge in [-0.3, -0.25) is 14.4 Å². The largest absolute Gasteiger partial charge is 0.507 e. The fraction of sp³-hybridized carbons (Fsp3) is 0.150. The van der Waals surface area contributed by atoms with E-state index in [0.717, 1.165) is 0 Å². The number of ketones is 1. The van der Waals surface area contributed by atoms with Gasteiger partial charge in [0.1, 0.15) is 5.76 Å². The van der Waals surface area contributed by atoms with Crippen molar-refractivity contribution in [2.24, 2.45) is 0 Å². The Morgan fingerprint density at radius 2 is 1.63 bits per heavy atom. The number of carbonyl (C=O) groups excluding carboxylic acids is 2. The van der Waals surface area contributed by atoms with Gasteiger partial charge in [-0.25, -0.2) is 0 Å². The van der Waals surface area contributed by atoms with Gasteiger partial charge < -0.3 is 15.1 Å². The molecule has 27 heavy (non-hydrogen) atoms. The minimum absolute atomic E-state index is 0.0705. The van der Waals surface area contributed by atoms with Crippen LogP contribution in [-0.4, -0.2) is 39.3 Å². The molecule has 1 saturated heterocycles. The van der Waals surface area contributed by atoms with Gasteiger partial charge in [0.05, 0.1) is 18.0 Å². The number of hydrogen-bond donors (Lipinski definition) is 2. The number of carboxylic acids is 1. The van der Waals surface area contributed by atoms with Crippen LogP contribution in [0.4, 0.5) is 0 Å². The van der Waals surface area contributed by atoms with E-state index >= 15 is 0 Å². The maximum atomic E-state index is 12.6. The van der Waals surface area contributed by atoms with E-state index in [4.69, 9.17) is 16.7 Å². The lowest BCUT2D eigenvalue weighted by Crippen LogP contribution is -2.31. The summed E-state index contributed by atoms with van der Waals surface area (Å²) >= 11 is 5.92. The highest BCUT2D eigenvalue weighted by atomic mass is 35.5. The van der Waals surface area contributed by atoms with Crippen LogP contribution < -0.4 is 0 Å². The summed E-state index contributed by atoms with van der Waals surface area (Å²) in [6.07, 6.45) is -0.317. The first-order valence-electron chi connectivity index (χ1n) is 8.21. The molecule has 0 bridgehead atoms. The Morgan fingerprint density at radius 3 is 2.22 bits per heavy atom. The molecule has 1 aliphatic heterocycles. The normalized spacial score (nSPS) is 18.7. The lowest BCUT2D eigenvalue weighted by atomic mass is 9.95. The molecule has 0 radical (unpaired) electrons. The highest BCUT2D eigenvalue weighted by Gasteiger charge is 2.45. The quantitative estimate of drug-likeness (QED) is 0.468. The molecule has 0 aliphatic carbocycles. The molecule has 7 heteroatoms. The van der Waals surface area contributed by atoms with Crippen LogP contribution in [0.5, 0.6) is 0 Å². The molecule has 1 aliphatic rings. The highest BCUT2D eigenvalue weighted by molar-refractivity contribution is 6.46. The van der Waals surface area contributed by atoms with Crippen LogP contribution in [0.3, 0.4) is 0 Å². The molecule has 138 valence electrons. The van der Waals surface area contributed by atoms with Crippen LogP contribution in [0.2, 0.25) is 5.02 Å². The van der Waals surface area contributed by atoms with Crippen molar-refractivity contribution in [2.45, 2.75) is 12.5 Å². The third kappa shape index (κ3) is 3.71. The molecule has 0 spiro atoms. The van der Waals surface area contributed by atoms with E-state index in [-0.39, 0.29) is 24.3 Å². The van der Waals surface area contributed by atoms with Crippen molar-refractivity contribution in [3.05, 3.63) is 76.3 Å². The Bertz CT molecular complexity index is 921. The third-order valence-electron chi connectivity index (χ3n) is 4.34. The number of aliphatic hydroxyl groups excluding tert-OH is 1. The number of benzene rings is 2. The first kappa shape index (κ1) is 18.7. The smallest absolute Gasteiger partial charge is 0.305 e. The predicted molar refractivity (Wildman–Crippen MR) is 99.2 cm³/mol. The van der Waals surface area contributed by atoms with E-state index in [0.29, 0.717) is 16.1 Å². The standard InChI is InChI=1S/C20H16ClNO5/c21-14-8-6-12(7-9-14)17-16(18(25)13-4-2-1-3-5-13)19(26)20(27)22(17)11-10-15(23)24/h1-9,17,25H,10-11H2,(H,23,24)/b18-16+/t17-/m1/s1. The number of Topliss-reactive ketones (excluding diaryl/α,β-unsaturated/α-hetero) is 1. The third-order valence-corrected chi connectivity index (χ3v) is 4.59. The number of aliphatic carboxylic acids is 1. The molecule has 0 aromatic heterocycles. The van der Waals surface area contributed by atoms with Gasteiger partial charge in [-0.15, -0.1) is 0 Å². The van der Waals surface area contributed by atoms with Gasteiger partial charge in [-0.2, -0.15) is 0 Å². The van der Waals surface area contributed by atoms with E-state index in [2.05, 4.69) is 0 Å². The number of carboxylic acid groups (broad SMARTS) is 1. The summed E-state index contributed by atoms with van der Waals surface area (Å²) in [6.45, 7) is -0.154. The zero-order valence-corrected chi connectivity index (χ0v) is 14.9. The van der Waals surface area contributed by atoms with E-state index in [9.17, 15) is 19.5 Å². The molecule has 1 heterocycles. The summed E-state index contributed by atoms with van der Waals surface area (Å²) in [7, 11) is 0. The average Bonchev–Trinajstić information content (AvgIpc) is 2.91. The number of aliphatic hydroxyl groups is 1. The topological polar surface area (TPSA) is 94.9 Å². The van der Waals surface area contributed by atoms with E-state index in [1.165, 1.54) is 4.90 Å². The zero-order chi connectivity index (χ0) is 19.6. The van der Waals surface area contributed by atoms with E-state index in [1.54, 1.807) is 54.6 Å². The first-order chi connectivity index (χ1) is 12.9. The predicted octanol–water partition coefficient (Wildman–Crippen LogP) is 3.24. The molecule has 2 N–H and O–H groups in total. The molecule has 1 amide bonds. The molecule has 0 saturated carbocycles. The Morgan fingerprint density at radius 1 is 1.00 bits per heavy atom. The summed E-state index contributed by atoms with van der Waals surface area (Å²) in [6, 6.07) is 14.0. The SMILES string of the molecule is O=C(O)CCN1C(=O)C(=O)/C(=C(/O)c2ccccc2)[C@H]1c1ccc(Cl)cc1. The van der Waals surface area contributed by atoms with Crippen LogP contribution in [0.25, 0.3) is 5.76 Å². The van der Waals surface area contributed by atoms with Gasteiger partial charge in [0.2, 0.25) is 0 Å². The number of amides is 1. The maximum Gasteiger partial charge on any atom is 0.305 e. The van der Waals surface area contributed by atoms with Crippen LogP contribution in [0.1, 0.15) is 23.6 Å². The molecule has 1 fully saturated rings. The second-order valence-electron chi connectivity index (χ2n) is 6.05. The Labute approximate surface area is 160 Å². The molecule has 0 unspecified atom stereocenters. The number of likely N-dealkylation sites (tertiary alicyclic amines) is 1. The van der Waals surface area contributed by atoms with Crippen LogP contribution in [-0.2, 0) is 14.4 Å².